The Kier molecular flexibility index (Phi) is 1.96. The van der Waals surface area contributed by atoms with Gasteiger partial charge in [-0.05, 0) is 18.6 Å². The van der Waals surface area contributed by atoms with Gasteiger partial charge in [-0.15, -0.1) is 0 Å². The number of fused-ring (bicyclic) bond motifs is 1. The number of H-pyrrole nitrogens is 1. The number of aromatic amines is 1. The third-order valence-electron chi connectivity index (χ3n) is 2.20. The highest BCUT2D eigenvalue weighted by Crippen LogP contribution is 2.17. The van der Waals surface area contributed by atoms with E-state index in [4.69, 9.17) is 5.11 Å². The summed E-state index contributed by atoms with van der Waals surface area (Å²) in [5.74, 6) is -0.918. The molecule has 0 aromatic carbocycles. The van der Waals surface area contributed by atoms with Gasteiger partial charge in [0.1, 0.15) is 5.65 Å². The van der Waals surface area contributed by atoms with Crippen molar-refractivity contribution in [1.29, 1.82) is 0 Å². The average molecular weight is 190 g/mol. The Morgan fingerprint density at radius 2 is 2.43 bits per heavy atom. The van der Waals surface area contributed by atoms with Crippen LogP contribution in [0.3, 0.4) is 0 Å². The molecule has 14 heavy (non-hydrogen) atoms. The van der Waals surface area contributed by atoms with Crippen molar-refractivity contribution in [2.24, 2.45) is 0 Å². The van der Waals surface area contributed by atoms with Crippen LogP contribution in [0, 0.1) is 0 Å². The second kappa shape index (κ2) is 3.14. The van der Waals surface area contributed by atoms with Gasteiger partial charge in [-0.25, -0.2) is 9.78 Å². The minimum Gasteiger partial charge on any atom is -0.478 e. The Balaban J connectivity index is 2.73. The maximum atomic E-state index is 10.9. The molecule has 2 aromatic rings. The summed E-state index contributed by atoms with van der Waals surface area (Å²) in [6, 6.07) is 3.35. The summed E-state index contributed by atoms with van der Waals surface area (Å²) in [6.07, 6.45) is 2.34. The summed E-state index contributed by atoms with van der Waals surface area (Å²) in [4.78, 5) is 18.0. The van der Waals surface area contributed by atoms with Gasteiger partial charge in [-0.2, -0.15) is 0 Å². The Morgan fingerprint density at radius 1 is 1.64 bits per heavy atom. The van der Waals surface area contributed by atoms with E-state index in [0.29, 0.717) is 16.6 Å². The molecule has 2 N–H and O–H groups in total. The quantitative estimate of drug-likeness (QED) is 0.759. The maximum Gasteiger partial charge on any atom is 0.336 e. The van der Waals surface area contributed by atoms with Crippen LogP contribution in [0.25, 0.3) is 11.0 Å². The number of hydrogen-bond acceptors (Lipinski definition) is 2. The lowest BCUT2D eigenvalue weighted by Crippen LogP contribution is -1.96. The normalized spacial score (nSPS) is 10.6. The molecule has 72 valence electrons. The predicted octanol–water partition coefficient (Wildman–Crippen LogP) is 1.82. The Hall–Kier alpha value is -1.84. The molecule has 0 radical (unpaired) electrons. The van der Waals surface area contributed by atoms with Gasteiger partial charge in [0.25, 0.3) is 0 Å². The average Bonchev–Trinajstić information content (AvgIpc) is 2.59. The van der Waals surface area contributed by atoms with Crippen molar-refractivity contribution in [2.75, 3.05) is 0 Å². The van der Waals surface area contributed by atoms with Gasteiger partial charge >= 0.3 is 5.97 Å². The van der Waals surface area contributed by atoms with E-state index in [-0.39, 0.29) is 0 Å². The van der Waals surface area contributed by atoms with Crippen molar-refractivity contribution in [1.82, 2.24) is 9.97 Å². The Bertz CT molecular complexity index is 488. The van der Waals surface area contributed by atoms with Crippen LogP contribution >= 0.6 is 0 Å². The molecule has 2 heterocycles. The first kappa shape index (κ1) is 8.74. The number of carboxylic acids is 1. The lowest BCUT2D eigenvalue weighted by Gasteiger charge is -1.94. The van der Waals surface area contributed by atoms with Crippen molar-refractivity contribution < 1.29 is 9.90 Å². The molecule has 4 nitrogen and oxygen atoms in total. The Labute approximate surface area is 80.6 Å². The zero-order valence-corrected chi connectivity index (χ0v) is 7.74. The van der Waals surface area contributed by atoms with E-state index in [1.54, 1.807) is 0 Å². The van der Waals surface area contributed by atoms with E-state index in [1.165, 1.54) is 12.3 Å². The molecule has 0 aliphatic rings. The van der Waals surface area contributed by atoms with E-state index < -0.39 is 5.97 Å². The lowest BCUT2D eigenvalue weighted by molar-refractivity contribution is 0.0699. The highest BCUT2D eigenvalue weighted by atomic mass is 16.4. The number of nitrogens with zero attached hydrogens (tertiary/aromatic N) is 1. The van der Waals surface area contributed by atoms with Crippen LogP contribution < -0.4 is 0 Å². The molecule has 0 saturated heterocycles. The van der Waals surface area contributed by atoms with Crippen molar-refractivity contribution in [2.45, 2.75) is 13.3 Å². The number of hydrogen-bond donors (Lipinski definition) is 2. The fraction of sp³-hybridized carbons (Fsp3) is 0.200. The fourth-order valence-electron chi connectivity index (χ4n) is 1.46. The third kappa shape index (κ3) is 1.25. The third-order valence-corrected chi connectivity index (χ3v) is 2.20. The van der Waals surface area contributed by atoms with Crippen molar-refractivity contribution in [3.63, 3.8) is 0 Å². The molecule has 0 saturated carbocycles. The van der Waals surface area contributed by atoms with Crippen molar-refractivity contribution in [3.05, 3.63) is 29.6 Å². The van der Waals surface area contributed by atoms with E-state index in [1.807, 2.05) is 13.0 Å². The van der Waals surface area contributed by atoms with Crippen LogP contribution in [0.2, 0.25) is 0 Å². The maximum absolute atomic E-state index is 10.9. The van der Waals surface area contributed by atoms with E-state index in [2.05, 4.69) is 9.97 Å². The molecular weight excluding hydrogens is 180 g/mol. The highest BCUT2D eigenvalue weighted by Gasteiger charge is 2.10. The number of nitrogens with one attached hydrogen (secondary N) is 1. The lowest BCUT2D eigenvalue weighted by atomic mass is 10.2. The molecule has 0 amide bonds. The van der Waals surface area contributed by atoms with Crippen LogP contribution in [-0.2, 0) is 6.42 Å². The topological polar surface area (TPSA) is 66.0 Å². The van der Waals surface area contributed by atoms with E-state index in [0.717, 1.165) is 12.1 Å². The SMILES string of the molecule is CCc1cc2c(C(=O)O)ccnc2[nH]1. The number of pyridine rings is 1. The number of aromatic nitrogens is 2. The molecule has 0 aliphatic heterocycles. The molecular formula is C10H10N2O2. The first-order chi connectivity index (χ1) is 6.72. The van der Waals surface area contributed by atoms with Gasteiger partial charge in [0, 0.05) is 17.3 Å². The number of rotatable bonds is 2. The monoisotopic (exact) mass is 190 g/mol. The summed E-state index contributed by atoms with van der Waals surface area (Å²) in [5, 5.41) is 9.60. The van der Waals surface area contributed by atoms with Gasteiger partial charge in [0.05, 0.1) is 5.56 Å². The minimum atomic E-state index is -0.918. The minimum absolute atomic E-state index is 0.297. The van der Waals surface area contributed by atoms with Gasteiger partial charge in [-0.3, -0.25) is 0 Å². The van der Waals surface area contributed by atoms with Crippen molar-refractivity contribution >= 4 is 17.0 Å². The molecule has 0 unspecified atom stereocenters. The van der Waals surface area contributed by atoms with Crippen LogP contribution in [0.5, 0.6) is 0 Å². The smallest absolute Gasteiger partial charge is 0.336 e. The molecule has 2 aromatic heterocycles. The van der Waals surface area contributed by atoms with Gasteiger partial charge in [0.15, 0.2) is 0 Å². The molecule has 0 atom stereocenters. The number of aryl methyl sites for hydroxylation is 1. The largest absolute Gasteiger partial charge is 0.478 e. The highest BCUT2D eigenvalue weighted by molar-refractivity contribution is 6.01. The molecule has 4 heteroatoms. The fourth-order valence-corrected chi connectivity index (χ4v) is 1.46. The van der Waals surface area contributed by atoms with Gasteiger partial charge in [0.2, 0.25) is 0 Å². The molecule has 0 aliphatic carbocycles. The van der Waals surface area contributed by atoms with Gasteiger partial charge < -0.3 is 10.1 Å². The first-order valence-electron chi connectivity index (χ1n) is 4.42. The molecule has 0 fully saturated rings. The molecule has 0 bridgehead atoms. The second-order valence-electron chi connectivity index (χ2n) is 3.07. The first-order valence-corrected chi connectivity index (χ1v) is 4.42. The van der Waals surface area contributed by atoms with Crippen LogP contribution in [0.4, 0.5) is 0 Å². The standard InChI is InChI=1S/C10H10N2O2/c1-2-6-5-8-7(10(13)14)3-4-11-9(8)12-6/h3-5H,2H2,1H3,(H,11,12)(H,13,14). The summed E-state index contributed by atoms with van der Waals surface area (Å²) in [7, 11) is 0. The summed E-state index contributed by atoms with van der Waals surface area (Å²) >= 11 is 0. The van der Waals surface area contributed by atoms with Crippen molar-refractivity contribution in [3.8, 4) is 0 Å². The van der Waals surface area contributed by atoms with Crippen LogP contribution in [0.15, 0.2) is 18.3 Å². The zero-order chi connectivity index (χ0) is 10.1. The number of carbonyl (C=O) groups is 1. The summed E-state index contributed by atoms with van der Waals surface area (Å²) < 4.78 is 0. The van der Waals surface area contributed by atoms with Crippen LogP contribution in [0.1, 0.15) is 23.0 Å². The van der Waals surface area contributed by atoms with Gasteiger partial charge in [-0.1, -0.05) is 6.92 Å². The molecule has 0 spiro atoms. The molecule has 2 rings (SSSR count). The summed E-state index contributed by atoms with van der Waals surface area (Å²) in [6.45, 7) is 2.01. The predicted molar refractivity (Wildman–Crippen MR) is 52.4 cm³/mol. The number of carboxylic acid groups (broad SMARTS) is 1. The summed E-state index contributed by atoms with van der Waals surface area (Å²) in [5.41, 5.74) is 1.94. The van der Waals surface area contributed by atoms with Crippen LogP contribution in [-0.4, -0.2) is 21.0 Å². The second-order valence-corrected chi connectivity index (χ2v) is 3.07. The number of aromatic carboxylic acids is 1. The van der Waals surface area contributed by atoms with E-state index >= 15 is 0 Å². The zero-order valence-electron chi connectivity index (χ0n) is 7.74. The Morgan fingerprint density at radius 3 is 3.07 bits per heavy atom. The van der Waals surface area contributed by atoms with E-state index in [9.17, 15) is 4.79 Å².